The van der Waals surface area contributed by atoms with Gasteiger partial charge in [0, 0.05) is 24.1 Å². The minimum atomic E-state index is -4.85. The first-order valence-electron chi connectivity index (χ1n) is 10.9. The van der Waals surface area contributed by atoms with Gasteiger partial charge in [0.1, 0.15) is 5.56 Å². The summed E-state index contributed by atoms with van der Waals surface area (Å²) >= 11 is 0. The van der Waals surface area contributed by atoms with Gasteiger partial charge in [-0.25, -0.2) is 9.48 Å². The first-order valence-corrected chi connectivity index (χ1v) is 10.9. The Hall–Kier alpha value is -4.48. The number of alkyl halides is 3. The van der Waals surface area contributed by atoms with Crippen molar-refractivity contribution in [1.82, 2.24) is 19.9 Å². The third-order valence-electron chi connectivity index (χ3n) is 4.99. The molecular formula is C24H20F3N5O4. The normalized spacial score (nSPS) is 11.3. The average Bonchev–Trinajstić information content (AvgIpc) is 3.52. The molecule has 0 bridgehead atoms. The van der Waals surface area contributed by atoms with E-state index in [1.807, 2.05) is 30.3 Å². The maximum absolute atomic E-state index is 13.7. The van der Waals surface area contributed by atoms with Crippen LogP contribution in [-0.2, 0) is 22.1 Å². The summed E-state index contributed by atoms with van der Waals surface area (Å²) in [5.41, 5.74) is -0.719. The van der Waals surface area contributed by atoms with E-state index in [1.165, 1.54) is 31.2 Å². The van der Waals surface area contributed by atoms with Crippen LogP contribution in [-0.4, -0.2) is 38.4 Å². The predicted molar refractivity (Wildman–Crippen MR) is 121 cm³/mol. The predicted octanol–water partition coefficient (Wildman–Crippen LogP) is 4.69. The SMILES string of the molecule is CCOC(=O)c1cnn(-c2ccc(NC(=O)CCc3nc(-c4ccccc4)no3)cc2)c1C(F)(F)F. The molecule has 186 valence electrons. The number of carbonyl (C=O) groups is 2. The molecule has 0 aliphatic heterocycles. The first kappa shape index (κ1) is 24.6. The molecule has 9 nitrogen and oxygen atoms in total. The fourth-order valence-electron chi connectivity index (χ4n) is 3.37. The van der Waals surface area contributed by atoms with Gasteiger partial charge in [0.05, 0.1) is 18.5 Å². The van der Waals surface area contributed by atoms with Crippen LogP contribution >= 0.6 is 0 Å². The minimum absolute atomic E-state index is 0.0511. The minimum Gasteiger partial charge on any atom is -0.462 e. The zero-order valence-corrected chi connectivity index (χ0v) is 19.0. The van der Waals surface area contributed by atoms with Gasteiger partial charge in [0.2, 0.25) is 17.6 Å². The first-order chi connectivity index (χ1) is 17.3. The van der Waals surface area contributed by atoms with Crippen LogP contribution in [0.3, 0.4) is 0 Å². The van der Waals surface area contributed by atoms with Crippen molar-refractivity contribution in [3.63, 3.8) is 0 Å². The number of halogens is 3. The van der Waals surface area contributed by atoms with Crippen LogP contribution in [0.15, 0.2) is 65.3 Å². The molecule has 2 heterocycles. The van der Waals surface area contributed by atoms with E-state index in [-0.39, 0.29) is 31.0 Å². The third kappa shape index (κ3) is 5.59. The maximum atomic E-state index is 13.7. The van der Waals surface area contributed by atoms with Crippen molar-refractivity contribution >= 4 is 17.6 Å². The quantitative estimate of drug-likeness (QED) is 0.350. The molecular weight excluding hydrogens is 479 g/mol. The second-order valence-electron chi connectivity index (χ2n) is 7.51. The Kier molecular flexibility index (Phi) is 7.13. The number of nitrogens with zero attached hydrogens (tertiary/aromatic N) is 4. The molecule has 0 radical (unpaired) electrons. The van der Waals surface area contributed by atoms with E-state index >= 15 is 0 Å². The molecule has 0 unspecified atom stereocenters. The monoisotopic (exact) mass is 499 g/mol. The van der Waals surface area contributed by atoms with E-state index in [9.17, 15) is 22.8 Å². The van der Waals surface area contributed by atoms with Gasteiger partial charge < -0.3 is 14.6 Å². The summed E-state index contributed by atoms with van der Waals surface area (Å²) in [4.78, 5) is 28.5. The number of amides is 1. The summed E-state index contributed by atoms with van der Waals surface area (Å²) in [6, 6.07) is 14.8. The highest BCUT2D eigenvalue weighted by Gasteiger charge is 2.41. The smallest absolute Gasteiger partial charge is 0.434 e. The van der Waals surface area contributed by atoms with E-state index in [0.29, 0.717) is 22.1 Å². The molecule has 0 atom stereocenters. The summed E-state index contributed by atoms with van der Waals surface area (Å²) in [5.74, 6) is -0.737. The van der Waals surface area contributed by atoms with Gasteiger partial charge in [0.15, 0.2) is 5.69 Å². The van der Waals surface area contributed by atoms with Crippen LogP contribution in [0.5, 0.6) is 0 Å². The number of carbonyl (C=O) groups excluding carboxylic acids is 2. The van der Waals surface area contributed by atoms with E-state index in [0.717, 1.165) is 11.8 Å². The van der Waals surface area contributed by atoms with Crippen molar-refractivity contribution in [2.45, 2.75) is 25.9 Å². The van der Waals surface area contributed by atoms with Gasteiger partial charge in [-0.3, -0.25) is 4.79 Å². The highest BCUT2D eigenvalue weighted by Crippen LogP contribution is 2.34. The summed E-state index contributed by atoms with van der Waals surface area (Å²) in [6.07, 6.45) is -3.76. The van der Waals surface area contributed by atoms with Crippen molar-refractivity contribution in [1.29, 1.82) is 0 Å². The number of nitrogens with one attached hydrogen (secondary N) is 1. The molecule has 0 aliphatic rings. The summed E-state index contributed by atoms with van der Waals surface area (Å²) in [7, 11) is 0. The number of hydrogen-bond donors (Lipinski definition) is 1. The molecule has 36 heavy (non-hydrogen) atoms. The maximum Gasteiger partial charge on any atom is 0.434 e. The van der Waals surface area contributed by atoms with Crippen LogP contribution in [0.4, 0.5) is 18.9 Å². The summed E-state index contributed by atoms with van der Waals surface area (Å²) in [5, 5.41) is 10.3. The molecule has 0 saturated carbocycles. The van der Waals surface area contributed by atoms with Crippen LogP contribution in [0.2, 0.25) is 0 Å². The Bertz CT molecular complexity index is 1350. The van der Waals surface area contributed by atoms with Crippen molar-refractivity contribution in [2.24, 2.45) is 0 Å². The Morgan fingerprint density at radius 1 is 1.08 bits per heavy atom. The lowest BCUT2D eigenvalue weighted by Gasteiger charge is -2.13. The average molecular weight is 499 g/mol. The lowest BCUT2D eigenvalue weighted by molar-refractivity contribution is -0.143. The highest BCUT2D eigenvalue weighted by atomic mass is 19.4. The van der Waals surface area contributed by atoms with Gasteiger partial charge in [0.25, 0.3) is 0 Å². The van der Waals surface area contributed by atoms with Gasteiger partial charge in [-0.1, -0.05) is 35.5 Å². The Labute approximate surface area is 202 Å². The molecule has 0 spiro atoms. The second kappa shape index (κ2) is 10.4. The van der Waals surface area contributed by atoms with E-state index < -0.39 is 23.4 Å². The van der Waals surface area contributed by atoms with Gasteiger partial charge in [-0.2, -0.15) is 23.3 Å². The van der Waals surface area contributed by atoms with Gasteiger partial charge in [-0.05, 0) is 31.2 Å². The van der Waals surface area contributed by atoms with Crippen LogP contribution in [0.25, 0.3) is 17.1 Å². The number of esters is 1. The van der Waals surface area contributed by atoms with Crippen molar-refractivity contribution < 1.29 is 32.0 Å². The largest absolute Gasteiger partial charge is 0.462 e. The molecule has 1 amide bonds. The molecule has 0 aliphatic carbocycles. The van der Waals surface area contributed by atoms with Gasteiger partial charge >= 0.3 is 12.1 Å². The fraction of sp³-hybridized carbons (Fsp3) is 0.208. The number of anilines is 1. The van der Waals surface area contributed by atoms with E-state index in [2.05, 4.69) is 20.6 Å². The second-order valence-corrected chi connectivity index (χ2v) is 7.51. The number of ether oxygens (including phenoxy) is 1. The van der Waals surface area contributed by atoms with E-state index in [1.54, 1.807) is 0 Å². The van der Waals surface area contributed by atoms with Crippen molar-refractivity contribution in [3.05, 3.63) is 77.9 Å². The Morgan fingerprint density at radius 2 is 1.81 bits per heavy atom. The number of benzene rings is 2. The van der Waals surface area contributed by atoms with Crippen LogP contribution in [0.1, 0.15) is 35.3 Å². The fourth-order valence-corrected chi connectivity index (χ4v) is 3.37. The molecule has 2 aromatic heterocycles. The standard InChI is InChI=1S/C24H20F3N5O4/c1-2-35-23(34)18-14-28-32(21(18)24(25,26)27)17-10-8-16(9-11-17)29-19(33)12-13-20-30-22(31-36-20)15-6-4-3-5-7-15/h3-11,14H,2,12-13H2,1H3,(H,29,33). The molecule has 1 N–H and O–H groups in total. The number of rotatable bonds is 8. The van der Waals surface area contributed by atoms with Crippen molar-refractivity contribution in [2.75, 3.05) is 11.9 Å². The van der Waals surface area contributed by atoms with Crippen LogP contribution in [0, 0.1) is 0 Å². The van der Waals surface area contributed by atoms with Crippen LogP contribution < -0.4 is 5.32 Å². The zero-order chi connectivity index (χ0) is 25.7. The third-order valence-corrected chi connectivity index (χ3v) is 4.99. The number of aryl methyl sites for hydroxylation is 1. The van der Waals surface area contributed by atoms with E-state index in [4.69, 9.17) is 9.26 Å². The molecule has 12 heteroatoms. The highest BCUT2D eigenvalue weighted by molar-refractivity contribution is 5.91. The Morgan fingerprint density at radius 3 is 2.47 bits per heavy atom. The lowest BCUT2D eigenvalue weighted by atomic mass is 10.2. The molecule has 0 fully saturated rings. The summed E-state index contributed by atoms with van der Waals surface area (Å²) in [6.45, 7) is 1.42. The topological polar surface area (TPSA) is 112 Å². The lowest BCUT2D eigenvalue weighted by Crippen LogP contribution is -2.18. The Balaban J connectivity index is 1.40. The molecule has 4 aromatic rings. The molecule has 0 saturated heterocycles. The molecule has 4 rings (SSSR count). The van der Waals surface area contributed by atoms with Crippen molar-refractivity contribution in [3.8, 4) is 17.1 Å². The summed E-state index contributed by atoms with van der Waals surface area (Å²) < 4.78 is 51.5. The number of hydrogen-bond acceptors (Lipinski definition) is 7. The zero-order valence-electron chi connectivity index (χ0n) is 19.0. The number of aromatic nitrogens is 4. The molecule has 2 aromatic carbocycles. The van der Waals surface area contributed by atoms with Gasteiger partial charge in [-0.15, -0.1) is 0 Å².